The number of benzene rings is 2. The van der Waals surface area contributed by atoms with E-state index in [2.05, 4.69) is 20.6 Å². The SMILES string of the molecule is COc1cccc(NC(=O)c2ccccc2NC(=O)c2nc(N3CCCC3)ncc2Cl)c1. The zero-order valence-corrected chi connectivity index (χ0v) is 18.2. The number of rotatable bonds is 6. The molecule has 1 aliphatic rings. The van der Waals surface area contributed by atoms with Gasteiger partial charge < -0.3 is 20.3 Å². The highest BCUT2D eigenvalue weighted by atomic mass is 35.5. The predicted octanol–water partition coefficient (Wildman–Crippen LogP) is 4.24. The molecule has 0 radical (unpaired) electrons. The molecule has 164 valence electrons. The lowest BCUT2D eigenvalue weighted by atomic mass is 10.1. The number of hydrogen-bond donors (Lipinski definition) is 2. The molecular weight excluding hydrogens is 430 g/mol. The Hall–Kier alpha value is -3.65. The number of halogens is 1. The summed E-state index contributed by atoms with van der Waals surface area (Å²) in [6, 6.07) is 13.7. The topological polar surface area (TPSA) is 96.5 Å². The normalized spacial score (nSPS) is 13.0. The van der Waals surface area contributed by atoms with E-state index in [1.807, 2.05) is 4.90 Å². The molecule has 0 unspecified atom stereocenters. The minimum Gasteiger partial charge on any atom is -0.497 e. The maximum atomic E-state index is 13.0. The Labute approximate surface area is 190 Å². The van der Waals surface area contributed by atoms with Crippen LogP contribution in [0.4, 0.5) is 17.3 Å². The van der Waals surface area contributed by atoms with Gasteiger partial charge in [-0.05, 0) is 37.1 Å². The van der Waals surface area contributed by atoms with Crippen LogP contribution in [0.1, 0.15) is 33.7 Å². The molecule has 0 atom stereocenters. The van der Waals surface area contributed by atoms with E-state index in [0.717, 1.165) is 25.9 Å². The second-order valence-electron chi connectivity index (χ2n) is 7.25. The Morgan fingerprint density at radius 3 is 2.59 bits per heavy atom. The van der Waals surface area contributed by atoms with Crippen LogP contribution in [0.2, 0.25) is 5.02 Å². The van der Waals surface area contributed by atoms with Crippen molar-refractivity contribution in [3.8, 4) is 5.75 Å². The van der Waals surface area contributed by atoms with Crippen molar-refractivity contribution in [1.82, 2.24) is 9.97 Å². The Morgan fingerprint density at radius 1 is 1.03 bits per heavy atom. The van der Waals surface area contributed by atoms with E-state index in [1.165, 1.54) is 6.20 Å². The first-order valence-electron chi connectivity index (χ1n) is 10.2. The van der Waals surface area contributed by atoms with Gasteiger partial charge in [0.1, 0.15) is 5.75 Å². The third-order valence-corrected chi connectivity index (χ3v) is 5.36. The summed E-state index contributed by atoms with van der Waals surface area (Å²) in [4.78, 5) is 36.5. The monoisotopic (exact) mass is 451 g/mol. The second kappa shape index (κ2) is 9.65. The van der Waals surface area contributed by atoms with Crippen molar-refractivity contribution in [3.05, 3.63) is 71.0 Å². The van der Waals surface area contributed by atoms with E-state index in [1.54, 1.807) is 55.6 Å². The number of nitrogens with one attached hydrogen (secondary N) is 2. The van der Waals surface area contributed by atoms with Crippen molar-refractivity contribution in [3.63, 3.8) is 0 Å². The number of ether oxygens (including phenoxy) is 1. The van der Waals surface area contributed by atoms with E-state index >= 15 is 0 Å². The van der Waals surface area contributed by atoms with Gasteiger partial charge in [-0.3, -0.25) is 9.59 Å². The number of aromatic nitrogens is 2. The standard InChI is InChI=1S/C23H22ClN5O3/c1-32-16-8-6-7-15(13-16)26-21(30)17-9-2-3-10-19(17)27-22(31)20-18(24)14-25-23(28-20)29-11-4-5-12-29/h2-3,6-10,13-14H,4-5,11-12H2,1H3,(H,26,30)(H,27,31). The number of carbonyl (C=O) groups is 2. The maximum Gasteiger partial charge on any atom is 0.276 e. The van der Waals surface area contributed by atoms with Crippen LogP contribution in [0.15, 0.2) is 54.7 Å². The molecule has 1 fully saturated rings. The fourth-order valence-electron chi connectivity index (χ4n) is 3.46. The molecule has 32 heavy (non-hydrogen) atoms. The summed E-state index contributed by atoms with van der Waals surface area (Å²) in [6.45, 7) is 1.69. The van der Waals surface area contributed by atoms with Crippen LogP contribution >= 0.6 is 11.6 Å². The van der Waals surface area contributed by atoms with Gasteiger partial charge in [-0.2, -0.15) is 0 Å². The number of hydrogen-bond acceptors (Lipinski definition) is 6. The van der Waals surface area contributed by atoms with Gasteiger partial charge in [-0.15, -0.1) is 0 Å². The van der Waals surface area contributed by atoms with Gasteiger partial charge in [0, 0.05) is 24.8 Å². The summed E-state index contributed by atoms with van der Waals surface area (Å²) < 4.78 is 5.19. The van der Waals surface area contributed by atoms with E-state index in [9.17, 15) is 9.59 Å². The first-order chi connectivity index (χ1) is 15.5. The molecule has 3 aromatic rings. The van der Waals surface area contributed by atoms with Crippen molar-refractivity contribution in [2.75, 3.05) is 35.7 Å². The molecule has 2 heterocycles. The summed E-state index contributed by atoms with van der Waals surface area (Å²) in [7, 11) is 1.55. The molecule has 9 heteroatoms. The van der Waals surface area contributed by atoms with Crippen LogP contribution in [0.5, 0.6) is 5.75 Å². The molecular formula is C23H22ClN5O3. The molecule has 1 saturated heterocycles. The van der Waals surface area contributed by atoms with Crippen molar-refractivity contribution < 1.29 is 14.3 Å². The van der Waals surface area contributed by atoms with Gasteiger partial charge in [-0.1, -0.05) is 29.8 Å². The lowest BCUT2D eigenvalue weighted by molar-refractivity contribution is 0.102. The molecule has 2 amide bonds. The summed E-state index contributed by atoms with van der Waals surface area (Å²) in [5.74, 6) is 0.206. The highest BCUT2D eigenvalue weighted by Crippen LogP contribution is 2.23. The first-order valence-corrected chi connectivity index (χ1v) is 10.6. The van der Waals surface area contributed by atoms with E-state index in [4.69, 9.17) is 16.3 Å². The molecule has 0 bridgehead atoms. The number of carbonyl (C=O) groups excluding carboxylic acids is 2. The number of nitrogens with zero attached hydrogens (tertiary/aromatic N) is 3. The Balaban J connectivity index is 1.54. The molecule has 1 aliphatic heterocycles. The fourth-order valence-corrected chi connectivity index (χ4v) is 3.63. The van der Waals surface area contributed by atoms with Crippen LogP contribution < -0.4 is 20.3 Å². The summed E-state index contributed by atoms with van der Waals surface area (Å²) in [6.07, 6.45) is 3.55. The zero-order chi connectivity index (χ0) is 22.5. The largest absolute Gasteiger partial charge is 0.497 e. The Bertz CT molecular complexity index is 1150. The molecule has 2 N–H and O–H groups in total. The summed E-state index contributed by atoms with van der Waals surface area (Å²) >= 11 is 6.21. The first kappa shape index (κ1) is 21.6. The second-order valence-corrected chi connectivity index (χ2v) is 7.65. The Morgan fingerprint density at radius 2 is 1.81 bits per heavy atom. The smallest absolute Gasteiger partial charge is 0.276 e. The fraction of sp³-hybridized carbons (Fsp3) is 0.217. The van der Waals surface area contributed by atoms with E-state index in [-0.39, 0.29) is 16.6 Å². The van der Waals surface area contributed by atoms with Gasteiger partial charge >= 0.3 is 0 Å². The van der Waals surface area contributed by atoms with E-state index < -0.39 is 5.91 Å². The highest BCUT2D eigenvalue weighted by Gasteiger charge is 2.21. The lowest BCUT2D eigenvalue weighted by Gasteiger charge is -2.16. The van der Waals surface area contributed by atoms with Gasteiger partial charge in [0.05, 0.1) is 29.6 Å². The van der Waals surface area contributed by atoms with Gasteiger partial charge in [0.25, 0.3) is 11.8 Å². The molecule has 8 nitrogen and oxygen atoms in total. The average Bonchev–Trinajstić information content (AvgIpc) is 3.35. The van der Waals surface area contributed by atoms with Crippen LogP contribution in [0.3, 0.4) is 0 Å². The molecule has 0 spiro atoms. The van der Waals surface area contributed by atoms with Gasteiger partial charge in [-0.25, -0.2) is 9.97 Å². The molecule has 0 saturated carbocycles. The summed E-state index contributed by atoms with van der Waals surface area (Å²) in [5.41, 5.74) is 1.28. The number of para-hydroxylation sites is 1. The zero-order valence-electron chi connectivity index (χ0n) is 17.5. The molecule has 1 aromatic heterocycles. The van der Waals surface area contributed by atoms with Gasteiger partial charge in [0.15, 0.2) is 5.69 Å². The minimum atomic E-state index is -0.514. The van der Waals surface area contributed by atoms with Crippen molar-refractivity contribution in [2.45, 2.75) is 12.8 Å². The van der Waals surface area contributed by atoms with E-state index in [0.29, 0.717) is 28.6 Å². The van der Waals surface area contributed by atoms with Crippen LogP contribution in [-0.4, -0.2) is 42.0 Å². The molecule has 2 aromatic carbocycles. The number of amides is 2. The van der Waals surface area contributed by atoms with Crippen molar-refractivity contribution >= 4 is 40.7 Å². The average molecular weight is 452 g/mol. The van der Waals surface area contributed by atoms with Crippen LogP contribution in [-0.2, 0) is 0 Å². The van der Waals surface area contributed by atoms with Crippen molar-refractivity contribution in [2.24, 2.45) is 0 Å². The highest BCUT2D eigenvalue weighted by molar-refractivity contribution is 6.34. The maximum absolute atomic E-state index is 13.0. The van der Waals surface area contributed by atoms with Crippen molar-refractivity contribution in [1.29, 1.82) is 0 Å². The summed E-state index contributed by atoms with van der Waals surface area (Å²) in [5, 5.41) is 5.71. The number of anilines is 3. The quantitative estimate of drug-likeness (QED) is 0.581. The minimum absolute atomic E-state index is 0.0616. The third kappa shape index (κ3) is 4.81. The third-order valence-electron chi connectivity index (χ3n) is 5.08. The molecule has 0 aliphatic carbocycles. The predicted molar refractivity (Wildman–Crippen MR) is 124 cm³/mol. The lowest BCUT2D eigenvalue weighted by Crippen LogP contribution is -2.23. The Kier molecular flexibility index (Phi) is 6.51. The van der Waals surface area contributed by atoms with Crippen LogP contribution in [0.25, 0.3) is 0 Å². The van der Waals surface area contributed by atoms with Crippen LogP contribution in [0, 0.1) is 0 Å². The molecule has 4 rings (SSSR count). The number of methoxy groups -OCH3 is 1. The van der Waals surface area contributed by atoms with Gasteiger partial charge in [0.2, 0.25) is 5.95 Å².